The first kappa shape index (κ1) is 11.9. The van der Waals surface area contributed by atoms with E-state index >= 15 is 0 Å². The molecule has 0 aliphatic rings. The zero-order valence-corrected chi connectivity index (χ0v) is 8.57. The van der Waals surface area contributed by atoms with Crippen LogP contribution in [0.1, 0.15) is 39.5 Å². The molecule has 0 aromatic rings. The number of hydrogen-bond acceptors (Lipinski definition) is 2. The predicted molar refractivity (Wildman–Crippen MR) is 53.5 cm³/mol. The molecule has 0 aliphatic carbocycles. The van der Waals surface area contributed by atoms with Crippen molar-refractivity contribution in [2.24, 2.45) is 0 Å². The summed E-state index contributed by atoms with van der Waals surface area (Å²) in [5, 5.41) is 3.31. The van der Waals surface area contributed by atoms with Crippen molar-refractivity contribution in [1.82, 2.24) is 5.32 Å². The highest BCUT2D eigenvalue weighted by Gasteiger charge is 1.88. The molecule has 0 saturated carbocycles. The Hall–Kier alpha value is -0.0800. The number of nitrogens with one attached hydrogen (secondary N) is 1. The van der Waals surface area contributed by atoms with Crippen molar-refractivity contribution in [3.63, 3.8) is 0 Å². The van der Waals surface area contributed by atoms with Gasteiger partial charge in [-0.1, -0.05) is 13.8 Å². The van der Waals surface area contributed by atoms with Gasteiger partial charge >= 0.3 is 0 Å². The molecule has 0 saturated heterocycles. The minimum atomic E-state index is 0.924. The molecule has 0 atom stereocenters. The average molecular weight is 173 g/mol. The van der Waals surface area contributed by atoms with E-state index in [1.165, 1.54) is 19.3 Å². The van der Waals surface area contributed by atoms with Crippen molar-refractivity contribution in [1.29, 1.82) is 0 Å². The van der Waals surface area contributed by atoms with Gasteiger partial charge in [0.25, 0.3) is 0 Å². The van der Waals surface area contributed by atoms with Crippen molar-refractivity contribution in [2.45, 2.75) is 39.5 Å². The van der Waals surface area contributed by atoms with Crippen LogP contribution in [-0.4, -0.2) is 26.3 Å². The summed E-state index contributed by atoms with van der Waals surface area (Å²) in [4.78, 5) is 0. The van der Waals surface area contributed by atoms with E-state index in [-0.39, 0.29) is 0 Å². The molecular weight excluding hydrogens is 150 g/mol. The maximum Gasteiger partial charge on any atom is 0.0466 e. The number of rotatable bonds is 9. The number of hydrogen-bond donors (Lipinski definition) is 1. The van der Waals surface area contributed by atoms with Gasteiger partial charge in [0.2, 0.25) is 0 Å². The predicted octanol–water partition coefficient (Wildman–Crippen LogP) is 2.19. The Bertz CT molecular complexity index is 66.2. The fourth-order valence-corrected chi connectivity index (χ4v) is 1.05. The second-order valence-corrected chi connectivity index (χ2v) is 3.03. The van der Waals surface area contributed by atoms with Crippen molar-refractivity contribution >= 4 is 0 Å². The molecule has 0 amide bonds. The first-order valence-electron chi connectivity index (χ1n) is 5.20. The van der Waals surface area contributed by atoms with Crippen LogP contribution in [0.25, 0.3) is 0 Å². The SMILES string of the molecule is CCCOCCCCCNCC. The lowest BCUT2D eigenvalue weighted by molar-refractivity contribution is 0.130. The Morgan fingerprint density at radius 3 is 2.50 bits per heavy atom. The molecule has 12 heavy (non-hydrogen) atoms. The molecular formula is C10H23NO. The van der Waals surface area contributed by atoms with Gasteiger partial charge in [-0.3, -0.25) is 0 Å². The lowest BCUT2D eigenvalue weighted by Crippen LogP contribution is -2.13. The lowest BCUT2D eigenvalue weighted by Gasteiger charge is -2.02. The molecule has 0 aromatic carbocycles. The van der Waals surface area contributed by atoms with E-state index in [9.17, 15) is 0 Å². The molecule has 0 rings (SSSR count). The van der Waals surface area contributed by atoms with Crippen LogP contribution in [0, 0.1) is 0 Å². The smallest absolute Gasteiger partial charge is 0.0466 e. The first-order valence-corrected chi connectivity index (χ1v) is 5.20. The molecule has 0 radical (unpaired) electrons. The molecule has 74 valence electrons. The van der Waals surface area contributed by atoms with Gasteiger partial charge in [0.05, 0.1) is 0 Å². The second-order valence-electron chi connectivity index (χ2n) is 3.03. The number of unbranched alkanes of at least 4 members (excludes halogenated alkanes) is 2. The first-order chi connectivity index (χ1) is 5.91. The van der Waals surface area contributed by atoms with Crippen molar-refractivity contribution in [2.75, 3.05) is 26.3 Å². The highest BCUT2D eigenvalue weighted by atomic mass is 16.5. The third kappa shape index (κ3) is 9.92. The Morgan fingerprint density at radius 2 is 1.83 bits per heavy atom. The zero-order valence-electron chi connectivity index (χ0n) is 8.57. The Balaban J connectivity index is 2.73. The van der Waals surface area contributed by atoms with Gasteiger partial charge in [-0.25, -0.2) is 0 Å². The van der Waals surface area contributed by atoms with Crippen molar-refractivity contribution < 1.29 is 4.74 Å². The zero-order chi connectivity index (χ0) is 9.07. The molecule has 0 bridgehead atoms. The van der Waals surface area contributed by atoms with Gasteiger partial charge in [0, 0.05) is 13.2 Å². The van der Waals surface area contributed by atoms with E-state index in [0.29, 0.717) is 0 Å². The minimum absolute atomic E-state index is 0.924. The Morgan fingerprint density at radius 1 is 1.00 bits per heavy atom. The topological polar surface area (TPSA) is 21.3 Å². The van der Waals surface area contributed by atoms with E-state index in [4.69, 9.17) is 4.74 Å². The van der Waals surface area contributed by atoms with E-state index in [1.807, 2.05) is 0 Å². The molecule has 0 heterocycles. The molecule has 1 N–H and O–H groups in total. The maximum atomic E-state index is 5.37. The quantitative estimate of drug-likeness (QED) is 0.540. The van der Waals surface area contributed by atoms with Gasteiger partial charge < -0.3 is 10.1 Å². The molecule has 2 heteroatoms. The molecule has 0 unspecified atom stereocenters. The summed E-state index contributed by atoms with van der Waals surface area (Å²) in [6.45, 7) is 8.40. The van der Waals surface area contributed by atoms with E-state index in [1.54, 1.807) is 0 Å². The van der Waals surface area contributed by atoms with Gasteiger partial charge in [-0.05, 0) is 38.8 Å². The average Bonchev–Trinajstić information content (AvgIpc) is 2.10. The van der Waals surface area contributed by atoms with Gasteiger partial charge in [0.1, 0.15) is 0 Å². The van der Waals surface area contributed by atoms with Crippen LogP contribution in [-0.2, 0) is 4.74 Å². The summed E-state index contributed by atoms with van der Waals surface area (Å²) >= 11 is 0. The van der Waals surface area contributed by atoms with E-state index in [0.717, 1.165) is 32.7 Å². The van der Waals surface area contributed by atoms with Crippen molar-refractivity contribution in [3.05, 3.63) is 0 Å². The maximum absolute atomic E-state index is 5.37. The summed E-state index contributed by atoms with van der Waals surface area (Å²) < 4.78 is 5.37. The molecule has 0 aliphatic heterocycles. The van der Waals surface area contributed by atoms with Gasteiger partial charge in [-0.15, -0.1) is 0 Å². The number of ether oxygens (including phenoxy) is 1. The fourth-order valence-electron chi connectivity index (χ4n) is 1.05. The van der Waals surface area contributed by atoms with E-state index in [2.05, 4.69) is 19.2 Å². The Labute approximate surface area is 76.7 Å². The summed E-state index contributed by atoms with van der Waals surface area (Å²) in [6, 6.07) is 0. The van der Waals surface area contributed by atoms with Gasteiger partial charge in [0.15, 0.2) is 0 Å². The summed E-state index contributed by atoms with van der Waals surface area (Å²) in [5.41, 5.74) is 0. The highest BCUT2D eigenvalue weighted by Crippen LogP contribution is 1.94. The van der Waals surface area contributed by atoms with Gasteiger partial charge in [-0.2, -0.15) is 0 Å². The molecule has 0 aromatic heterocycles. The highest BCUT2D eigenvalue weighted by molar-refractivity contribution is 4.45. The third-order valence-electron chi connectivity index (χ3n) is 1.74. The van der Waals surface area contributed by atoms with Crippen LogP contribution in [0.15, 0.2) is 0 Å². The molecule has 0 fully saturated rings. The Kier molecular flexibility index (Phi) is 10.8. The van der Waals surface area contributed by atoms with E-state index < -0.39 is 0 Å². The van der Waals surface area contributed by atoms with Crippen LogP contribution >= 0.6 is 0 Å². The van der Waals surface area contributed by atoms with Crippen LogP contribution in [0.3, 0.4) is 0 Å². The summed E-state index contributed by atoms with van der Waals surface area (Å²) in [6.07, 6.45) is 4.92. The van der Waals surface area contributed by atoms with Crippen molar-refractivity contribution in [3.8, 4) is 0 Å². The normalized spacial score (nSPS) is 10.5. The monoisotopic (exact) mass is 173 g/mol. The lowest BCUT2D eigenvalue weighted by atomic mass is 10.2. The third-order valence-corrected chi connectivity index (χ3v) is 1.74. The standard InChI is InChI=1S/C10H23NO/c1-3-9-12-10-7-5-6-8-11-4-2/h11H,3-10H2,1-2H3. The van der Waals surface area contributed by atoms with Crippen LogP contribution < -0.4 is 5.32 Å². The van der Waals surface area contributed by atoms with Crippen LogP contribution in [0.2, 0.25) is 0 Å². The minimum Gasteiger partial charge on any atom is -0.381 e. The van der Waals surface area contributed by atoms with Crippen LogP contribution in [0.5, 0.6) is 0 Å². The summed E-state index contributed by atoms with van der Waals surface area (Å²) in [5.74, 6) is 0. The second kappa shape index (κ2) is 10.9. The summed E-state index contributed by atoms with van der Waals surface area (Å²) in [7, 11) is 0. The molecule has 2 nitrogen and oxygen atoms in total. The molecule has 0 spiro atoms. The largest absolute Gasteiger partial charge is 0.381 e. The van der Waals surface area contributed by atoms with Crippen LogP contribution in [0.4, 0.5) is 0 Å². The fraction of sp³-hybridized carbons (Fsp3) is 1.00.